The molecule has 1 aliphatic heterocycles. The molecule has 0 atom stereocenters. The Labute approximate surface area is 79.5 Å². The van der Waals surface area contributed by atoms with Crippen LogP contribution in [0.25, 0.3) is 0 Å². The summed E-state index contributed by atoms with van der Waals surface area (Å²) in [6.45, 7) is 4.30. The first-order valence-electron chi connectivity index (χ1n) is 5.17. The van der Waals surface area contributed by atoms with Crippen LogP contribution >= 0.6 is 0 Å². The summed E-state index contributed by atoms with van der Waals surface area (Å²) in [5.74, 6) is 0. The third kappa shape index (κ3) is 2.86. The van der Waals surface area contributed by atoms with Gasteiger partial charge in [0.25, 0.3) is 0 Å². The molecule has 4 nitrogen and oxygen atoms in total. The molecule has 0 aliphatic carbocycles. The lowest BCUT2D eigenvalue weighted by atomic mass is 10.0. The first kappa shape index (κ1) is 10.3. The van der Waals surface area contributed by atoms with E-state index < -0.39 is 0 Å². The molecule has 74 valence electrons. The Hall–Kier alpha value is -0.800. The van der Waals surface area contributed by atoms with E-state index in [1.54, 1.807) is 0 Å². The third-order valence-corrected chi connectivity index (χ3v) is 2.50. The predicted octanol–water partition coefficient (Wildman–Crippen LogP) is 3.90. The zero-order chi connectivity index (χ0) is 9.57. The summed E-state index contributed by atoms with van der Waals surface area (Å²) in [7, 11) is 0. The molecule has 0 saturated carbocycles. The molecule has 0 amide bonds. The lowest BCUT2D eigenvalue weighted by Crippen LogP contribution is -2.19. The van der Waals surface area contributed by atoms with E-state index in [4.69, 9.17) is 0 Å². The lowest BCUT2D eigenvalue weighted by Gasteiger charge is -2.16. The van der Waals surface area contributed by atoms with Gasteiger partial charge >= 0.3 is 0 Å². The van der Waals surface area contributed by atoms with E-state index in [0.29, 0.717) is 0 Å². The van der Waals surface area contributed by atoms with E-state index in [1.165, 1.54) is 25.7 Å². The van der Waals surface area contributed by atoms with Crippen LogP contribution in [0.15, 0.2) is 20.7 Å². The van der Waals surface area contributed by atoms with Crippen LogP contribution in [0.2, 0.25) is 0 Å². The Morgan fingerprint density at radius 2 is 1.62 bits per heavy atom. The van der Waals surface area contributed by atoms with Gasteiger partial charge in [-0.25, -0.2) is 0 Å². The van der Waals surface area contributed by atoms with Crippen LogP contribution in [0.3, 0.4) is 0 Å². The molecule has 1 rings (SSSR count). The van der Waals surface area contributed by atoms with Crippen molar-refractivity contribution in [3.05, 3.63) is 0 Å². The summed E-state index contributed by atoms with van der Waals surface area (Å²) in [5, 5.41) is 15.3. The minimum absolute atomic E-state index is 0.298. The van der Waals surface area contributed by atoms with Crippen LogP contribution in [0, 0.1) is 0 Å². The highest BCUT2D eigenvalue weighted by Crippen LogP contribution is 2.29. The highest BCUT2D eigenvalue weighted by molar-refractivity contribution is 4.82. The summed E-state index contributed by atoms with van der Waals surface area (Å²) in [5.41, 5.74) is -0.298. The number of hydrogen-bond donors (Lipinski definition) is 0. The molecule has 0 bridgehead atoms. The first-order chi connectivity index (χ1) is 6.33. The van der Waals surface area contributed by atoms with Gasteiger partial charge in [0, 0.05) is 0 Å². The summed E-state index contributed by atoms with van der Waals surface area (Å²) in [4.78, 5) is 0. The SMILES string of the molecule is CCCCCCC1(CC)N=NN=N1. The minimum atomic E-state index is -0.298. The van der Waals surface area contributed by atoms with Crippen molar-refractivity contribution in [2.24, 2.45) is 20.7 Å². The van der Waals surface area contributed by atoms with Crippen LogP contribution < -0.4 is 0 Å². The molecule has 0 unspecified atom stereocenters. The lowest BCUT2D eigenvalue weighted by molar-refractivity contribution is 0.376. The van der Waals surface area contributed by atoms with Gasteiger partial charge in [-0.2, -0.15) is 0 Å². The average molecular weight is 182 g/mol. The monoisotopic (exact) mass is 182 g/mol. The molecule has 0 aromatic heterocycles. The quantitative estimate of drug-likeness (QED) is 0.559. The fraction of sp³-hybridized carbons (Fsp3) is 1.00. The maximum absolute atomic E-state index is 4.07. The van der Waals surface area contributed by atoms with E-state index in [9.17, 15) is 0 Å². The first-order valence-corrected chi connectivity index (χ1v) is 5.17. The predicted molar refractivity (Wildman–Crippen MR) is 51.5 cm³/mol. The van der Waals surface area contributed by atoms with E-state index >= 15 is 0 Å². The van der Waals surface area contributed by atoms with Crippen LogP contribution in [0.1, 0.15) is 52.4 Å². The van der Waals surface area contributed by atoms with Crippen molar-refractivity contribution >= 4 is 0 Å². The normalized spacial score (nSPS) is 18.3. The molecule has 1 aliphatic rings. The molecule has 1 heterocycles. The van der Waals surface area contributed by atoms with Crippen molar-refractivity contribution in [2.45, 2.75) is 58.0 Å². The second-order valence-corrected chi connectivity index (χ2v) is 3.53. The summed E-state index contributed by atoms with van der Waals surface area (Å²) < 4.78 is 0. The molecular formula is C9H18N4. The van der Waals surface area contributed by atoms with Gasteiger partial charge in [0.2, 0.25) is 0 Å². The van der Waals surface area contributed by atoms with Crippen molar-refractivity contribution in [1.29, 1.82) is 0 Å². The molecular weight excluding hydrogens is 164 g/mol. The van der Waals surface area contributed by atoms with Gasteiger partial charge in [-0.1, -0.05) is 33.1 Å². The maximum atomic E-state index is 4.07. The van der Waals surface area contributed by atoms with Crippen molar-refractivity contribution in [2.75, 3.05) is 0 Å². The standard InChI is InChI=1S/C9H18N4/c1-3-5-6-7-8-9(4-2)10-12-13-11-9/h3-8H2,1-2H3. The largest absolute Gasteiger partial charge is 0.195 e. The third-order valence-electron chi connectivity index (χ3n) is 2.50. The van der Waals surface area contributed by atoms with Gasteiger partial charge in [0.05, 0.1) is 0 Å². The highest BCUT2D eigenvalue weighted by atomic mass is 15.6. The average Bonchev–Trinajstić information content (AvgIpc) is 2.62. The van der Waals surface area contributed by atoms with Crippen molar-refractivity contribution < 1.29 is 0 Å². The maximum Gasteiger partial charge on any atom is 0.195 e. The van der Waals surface area contributed by atoms with E-state index in [1.807, 2.05) is 0 Å². The van der Waals surface area contributed by atoms with Crippen molar-refractivity contribution in [3.8, 4) is 0 Å². The Bertz CT molecular complexity index is 186. The minimum Gasteiger partial charge on any atom is -0.135 e. The molecule has 4 heteroatoms. The molecule has 0 fully saturated rings. The Balaban J connectivity index is 2.25. The molecule has 0 saturated heterocycles. The Morgan fingerprint density at radius 3 is 2.15 bits per heavy atom. The topological polar surface area (TPSA) is 49.4 Å². The zero-order valence-electron chi connectivity index (χ0n) is 8.53. The molecule has 0 aromatic rings. The Kier molecular flexibility index (Phi) is 3.99. The molecule has 0 aromatic carbocycles. The number of unbranched alkanes of at least 4 members (excludes halogenated alkanes) is 3. The van der Waals surface area contributed by atoms with Crippen LogP contribution in [0.4, 0.5) is 0 Å². The van der Waals surface area contributed by atoms with E-state index in [-0.39, 0.29) is 5.66 Å². The Morgan fingerprint density at radius 1 is 0.923 bits per heavy atom. The molecule has 0 N–H and O–H groups in total. The molecule has 0 radical (unpaired) electrons. The van der Waals surface area contributed by atoms with Crippen LogP contribution in [-0.4, -0.2) is 5.66 Å². The van der Waals surface area contributed by atoms with Crippen LogP contribution in [-0.2, 0) is 0 Å². The van der Waals surface area contributed by atoms with Gasteiger partial charge in [-0.05, 0) is 29.7 Å². The van der Waals surface area contributed by atoms with Gasteiger partial charge in [0.1, 0.15) is 0 Å². The second kappa shape index (κ2) is 5.04. The fourth-order valence-corrected chi connectivity index (χ4v) is 1.48. The number of hydrogen-bond acceptors (Lipinski definition) is 4. The summed E-state index contributed by atoms with van der Waals surface area (Å²) >= 11 is 0. The number of rotatable bonds is 6. The second-order valence-electron chi connectivity index (χ2n) is 3.53. The zero-order valence-corrected chi connectivity index (χ0v) is 8.53. The van der Waals surface area contributed by atoms with Crippen molar-refractivity contribution in [3.63, 3.8) is 0 Å². The van der Waals surface area contributed by atoms with Crippen LogP contribution in [0.5, 0.6) is 0 Å². The van der Waals surface area contributed by atoms with Gasteiger partial charge in [-0.3, -0.25) is 0 Å². The molecule has 13 heavy (non-hydrogen) atoms. The van der Waals surface area contributed by atoms with Gasteiger partial charge in [0.15, 0.2) is 5.66 Å². The van der Waals surface area contributed by atoms with Gasteiger partial charge < -0.3 is 0 Å². The number of nitrogens with zero attached hydrogens (tertiary/aromatic N) is 4. The fourth-order valence-electron chi connectivity index (χ4n) is 1.48. The molecule has 0 spiro atoms. The highest BCUT2D eigenvalue weighted by Gasteiger charge is 2.29. The van der Waals surface area contributed by atoms with Gasteiger partial charge in [-0.15, -0.1) is 10.2 Å². The summed E-state index contributed by atoms with van der Waals surface area (Å²) in [6, 6.07) is 0. The van der Waals surface area contributed by atoms with Crippen molar-refractivity contribution in [1.82, 2.24) is 0 Å². The van der Waals surface area contributed by atoms with E-state index in [2.05, 4.69) is 34.5 Å². The van der Waals surface area contributed by atoms with E-state index in [0.717, 1.165) is 12.8 Å². The smallest absolute Gasteiger partial charge is 0.135 e. The summed E-state index contributed by atoms with van der Waals surface area (Å²) in [6.07, 6.45) is 6.92.